The highest BCUT2D eigenvalue weighted by Gasteiger charge is 2.18. The molecule has 0 saturated carbocycles. The van der Waals surface area contributed by atoms with Crippen LogP contribution < -0.4 is 5.32 Å². The summed E-state index contributed by atoms with van der Waals surface area (Å²) < 4.78 is 6.14. The molecule has 1 aromatic heterocycles. The smallest absolute Gasteiger partial charge is 0.293 e. The third kappa shape index (κ3) is 3.23. The van der Waals surface area contributed by atoms with E-state index in [1.807, 2.05) is 20.8 Å². The molecule has 2 aromatic rings. The van der Waals surface area contributed by atoms with Gasteiger partial charge in [-0.2, -0.15) is 0 Å². The van der Waals surface area contributed by atoms with Crippen molar-refractivity contribution < 1.29 is 9.66 Å². The summed E-state index contributed by atoms with van der Waals surface area (Å²) in [6.45, 7) is 6.86. The molecular weight excluding hydrogens is 278 g/mol. The third-order valence-electron chi connectivity index (χ3n) is 2.78. The van der Waals surface area contributed by atoms with Crippen LogP contribution in [-0.2, 0) is 4.74 Å². The fraction of sp³-hybridized carbons (Fsp3) is 0.462. The zero-order valence-corrected chi connectivity index (χ0v) is 12.5. The summed E-state index contributed by atoms with van der Waals surface area (Å²) in [6, 6.07) is 3.31. The Kier molecular flexibility index (Phi) is 4.51. The molecule has 6 nitrogen and oxygen atoms in total. The quantitative estimate of drug-likeness (QED) is 0.653. The van der Waals surface area contributed by atoms with Gasteiger partial charge in [0.25, 0.3) is 5.69 Å². The number of nitrogens with one attached hydrogen (secondary N) is 1. The first kappa shape index (κ1) is 14.7. The Morgan fingerprint density at radius 3 is 2.95 bits per heavy atom. The molecule has 0 saturated heterocycles. The van der Waals surface area contributed by atoms with Gasteiger partial charge >= 0.3 is 0 Å². The van der Waals surface area contributed by atoms with E-state index in [4.69, 9.17) is 4.74 Å². The Morgan fingerprint density at radius 2 is 2.30 bits per heavy atom. The number of aromatic nitrogens is 1. The van der Waals surface area contributed by atoms with Crippen molar-refractivity contribution in [2.45, 2.75) is 26.8 Å². The standard InChI is InChI=1S/C13H17N3O3S/c1-4-19-7-8(2)14-10-5-11-13(20-9(3)15-11)6-12(10)16(17)18/h5-6,8,14H,4,7H2,1-3H3. The molecule has 0 aliphatic carbocycles. The number of hydrogen-bond acceptors (Lipinski definition) is 6. The number of nitro benzene ring substituents is 1. The molecule has 1 unspecified atom stereocenters. The molecule has 20 heavy (non-hydrogen) atoms. The van der Waals surface area contributed by atoms with Crippen molar-refractivity contribution in [3.05, 3.63) is 27.3 Å². The zero-order chi connectivity index (χ0) is 14.7. The monoisotopic (exact) mass is 295 g/mol. The first-order valence-corrected chi connectivity index (χ1v) is 7.22. The Labute approximate surface area is 120 Å². The number of ether oxygens (including phenoxy) is 1. The number of fused-ring (bicyclic) bond motifs is 1. The summed E-state index contributed by atoms with van der Waals surface area (Å²) in [5.41, 5.74) is 1.34. The van der Waals surface area contributed by atoms with Crippen molar-refractivity contribution in [2.24, 2.45) is 0 Å². The number of benzene rings is 1. The maximum absolute atomic E-state index is 11.2. The third-order valence-corrected chi connectivity index (χ3v) is 3.72. The fourth-order valence-corrected chi connectivity index (χ4v) is 2.79. The van der Waals surface area contributed by atoms with Crippen molar-refractivity contribution in [1.29, 1.82) is 0 Å². The molecule has 1 heterocycles. The highest BCUT2D eigenvalue weighted by molar-refractivity contribution is 7.18. The molecule has 0 aliphatic heterocycles. The predicted molar refractivity (Wildman–Crippen MR) is 80.6 cm³/mol. The Bertz CT molecular complexity index is 627. The molecule has 0 bridgehead atoms. The van der Waals surface area contributed by atoms with Gasteiger partial charge in [0.05, 0.1) is 26.8 Å². The van der Waals surface area contributed by atoms with Gasteiger partial charge in [0.15, 0.2) is 0 Å². The lowest BCUT2D eigenvalue weighted by Gasteiger charge is -2.15. The van der Waals surface area contributed by atoms with Crippen LogP contribution in [0, 0.1) is 17.0 Å². The SMILES string of the molecule is CCOCC(C)Nc1cc2nc(C)sc2cc1[N+](=O)[O-]. The number of hydrogen-bond donors (Lipinski definition) is 1. The molecule has 1 aromatic carbocycles. The van der Waals surface area contributed by atoms with E-state index >= 15 is 0 Å². The van der Waals surface area contributed by atoms with Crippen LogP contribution in [-0.4, -0.2) is 29.2 Å². The molecule has 0 fully saturated rings. The van der Waals surface area contributed by atoms with Crippen LogP contribution in [0.5, 0.6) is 0 Å². The highest BCUT2D eigenvalue weighted by Crippen LogP contribution is 2.33. The van der Waals surface area contributed by atoms with Gasteiger partial charge in [-0.05, 0) is 26.8 Å². The van der Waals surface area contributed by atoms with Crippen LogP contribution in [0.15, 0.2) is 12.1 Å². The molecule has 0 amide bonds. The Hall–Kier alpha value is -1.73. The van der Waals surface area contributed by atoms with Crippen LogP contribution in [0.2, 0.25) is 0 Å². The number of anilines is 1. The molecule has 0 aliphatic rings. The van der Waals surface area contributed by atoms with Crippen molar-refractivity contribution >= 4 is 32.9 Å². The molecule has 2 rings (SSSR count). The summed E-state index contributed by atoms with van der Waals surface area (Å²) >= 11 is 1.46. The fourth-order valence-electron chi connectivity index (χ4n) is 1.95. The normalized spacial score (nSPS) is 12.6. The summed E-state index contributed by atoms with van der Waals surface area (Å²) in [6.07, 6.45) is 0. The highest BCUT2D eigenvalue weighted by atomic mass is 32.1. The molecule has 108 valence electrons. The largest absolute Gasteiger partial charge is 0.380 e. The van der Waals surface area contributed by atoms with Gasteiger partial charge in [0.1, 0.15) is 5.69 Å². The second-order valence-electron chi connectivity index (χ2n) is 4.53. The van der Waals surface area contributed by atoms with Crippen LogP contribution in [0.3, 0.4) is 0 Å². The van der Waals surface area contributed by atoms with Crippen molar-refractivity contribution in [3.63, 3.8) is 0 Å². The van der Waals surface area contributed by atoms with Gasteiger partial charge in [-0.15, -0.1) is 11.3 Å². The number of aryl methyl sites for hydroxylation is 1. The number of thiazole rings is 1. The average Bonchev–Trinajstić information content (AvgIpc) is 2.74. The second kappa shape index (κ2) is 6.15. The van der Waals surface area contributed by atoms with E-state index < -0.39 is 0 Å². The summed E-state index contributed by atoms with van der Waals surface area (Å²) in [5.74, 6) is 0. The van der Waals surface area contributed by atoms with Crippen molar-refractivity contribution in [1.82, 2.24) is 4.98 Å². The van der Waals surface area contributed by atoms with Crippen molar-refractivity contribution in [3.8, 4) is 0 Å². The molecule has 1 N–H and O–H groups in total. The molecule has 0 radical (unpaired) electrons. The lowest BCUT2D eigenvalue weighted by atomic mass is 10.2. The van der Waals surface area contributed by atoms with E-state index in [1.54, 1.807) is 12.1 Å². The van der Waals surface area contributed by atoms with Gasteiger partial charge < -0.3 is 10.1 Å². The summed E-state index contributed by atoms with van der Waals surface area (Å²) in [4.78, 5) is 15.2. The predicted octanol–water partition coefficient (Wildman–Crippen LogP) is 3.35. The van der Waals surface area contributed by atoms with E-state index in [-0.39, 0.29) is 16.7 Å². The minimum absolute atomic E-state index is 0.00849. The van der Waals surface area contributed by atoms with Gasteiger partial charge in [0, 0.05) is 18.7 Å². The lowest BCUT2D eigenvalue weighted by Crippen LogP contribution is -2.22. The topological polar surface area (TPSA) is 77.3 Å². The molecule has 7 heteroatoms. The van der Waals surface area contributed by atoms with E-state index in [0.29, 0.717) is 18.9 Å². The average molecular weight is 295 g/mol. The van der Waals surface area contributed by atoms with E-state index in [9.17, 15) is 10.1 Å². The number of rotatable bonds is 6. The first-order chi connectivity index (χ1) is 9.51. The van der Waals surface area contributed by atoms with Gasteiger partial charge in [-0.1, -0.05) is 0 Å². The Morgan fingerprint density at radius 1 is 1.55 bits per heavy atom. The second-order valence-corrected chi connectivity index (χ2v) is 5.77. The number of nitro groups is 1. The maximum Gasteiger partial charge on any atom is 0.293 e. The van der Waals surface area contributed by atoms with Gasteiger partial charge in [-0.3, -0.25) is 10.1 Å². The van der Waals surface area contributed by atoms with Crippen LogP contribution >= 0.6 is 11.3 Å². The molecule has 1 atom stereocenters. The first-order valence-electron chi connectivity index (χ1n) is 6.41. The lowest BCUT2D eigenvalue weighted by molar-refractivity contribution is -0.383. The number of nitrogens with zero attached hydrogens (tertiary/aromatic N) is 2. The zero-order valence-electron chi connectivity index (χ0n) is 11.7. The van der Waals surface area contributed by atoms with Crippen LogP contribution in [0.25, 0.3) is 10.2 Å². The van der Waals surface area contributed by atoms with E-state index in [0.717, 1.165) is 15.2 Å². The van der Waals surface area contributed by atoms with Crippen molar-refractivity contribution in [2.75, 3.05) is 18.5 Å². The van der Waals surface area contributed by atoms with Crippen LogP contribution in [0.4, 0.5) is 11.4 Å². The van der Waals surface area contributed by atoms with Crippen LogP contribution in [0.1, 0.15) is 18.9 Å². The van der Waals surface area contributed by atoms with Gasteiger partial charge in [0.2, 0.25) is 0 Å². The molecular formula is C13H17N3O3S. The minimum atomic E-state index is -0.371. The minimum Gasteiger partial charge on any atom is -0.380 e. The molecule has 0 spiro atoms. The summed E-state index contributed by atoms with van der Waals surface area (Å²) in [7, 11) is 0. The van der Waals surface area contributed by atoms with E-state index in [1.165, 1.54) is 11.3 Å². The maximum atomic E-state index is 11.2. The van der Waals surface area contributed by atoms with Gasteiger partial charge in [-0.25, -0.2) is 4.98 Å². The van der Waals surface area contributed by atoms with E-state index in [2.05, 4.69) is 10.3 Å². The Balaban J connectivity index is 2.34. The summed E-state index contributed by atoms with van der Waals surface area (Å²) in [5, 5.41) is 15.2.